The summed E-state index contributed by atoms with van der Waals surface area (Å²) < 4.78 is 13.9. The van der Waals surface area contributed by atoms with Crippen LogP contribution in [0.5, 0.6) is 0 Å². The first-order chi connectivity index (χ1) is 8.65. The fraction of sp³-hybridized carbons (Fsp3) is 0.571. The smallest absolute Gasteiger partial charge is 0.124 e. The molecule has 2 rings (SSSR count). The van der Waals surface area contributed by atoms with Gasteiger partial charge in [0.25, 0.3) is 0 Å². The minimum Gasteiger partial charge on any atom is -0.396 e. The van der Waals surface area contributed by atoms with Crippen molar-refractivity contribution in [2.24, 2.45) is 5.41 Å². The van der Waals surface area contributed by atoms with Crippen molar-refractivity contribution < 1.29 is 9.50 Å². The summed E-state index contributed by atoms with van der Waals surface area (Å²) in [4.78, 5) is 0. The normalized spacial score (nSPS) is 18.6. The number of aliphatic hydroxyl groups excluding tert-OH is 1. The zero-order chi connectivity index (χ0) is 13.0. The molecule has 1 aliphatic carbocycles. The Morgan fingerprint density at radius 1 is 1.28 bits per heavy atom. The predicted octanol–water partition coefficient (Wildman–Crippen LogP) is 3.79. The molecule has 1 aliphatic rings. The van der Waals surface area contributed by atoms with Crippen molar-refractivity contribution in [3.05, 3.63) is 27.6 Å². The van der Waals surface area contributed by atoms with Crippen molar-refractivity contribution in [1.29, 1.82) is 0 Å². The Hall–Kier alpha value is -0.360. The number of hydrogen-bond acceptors (Lipinski definition) is 2. The van der Waals surface area contributed by atoms with E-state index in [1.807, 2.05) is 0 Å². The van der Waals surface area contributed by atoms with Crippen LogP contribution in [0.15, 0.2) is 18.2 Å². The van der Waals surface area contributed by atoms with Crippen molar-refractivity contribution in [1.82, 2.24) is 0 Å². The van der Waals surface area contributed by atoms with Crippen LogP contribution in [-0.4, -0.2) is 18.3 Å². The molecule has 1 aromatic rings. The van der Waals surface area contributed by atoms with Gasteiger partial charge in [-0.05, 0) is 53.6 Å². The van der Waals surface area contributed by atoms with Crippen molar-refractivity contribution in [3.63, 3.8) is 0 Å². The van der Waals surface area contributed by atoms with Gasteiger partial charge in [0.15, 0.2) is 0 Å². The van der Waals surface area contributed by atoms with Crippen LogP contribution in [-0.2, 0) is 0 Å². The molecule has 2 N–H and O–H groups in total. The summed E-state index contributed by atoms with van der Waals surface area (Å²) in [7, 11) is 0. The van der Waals surface area contributed by atoms with Crippen LogP contribution in [0.25, 0.3) is 0 Å². The third kappa shape index (κ3) is 3.35. The van der Waals surface area contributed by atoms with E-state index in [1.54, 1.807) is 6.07 Å². The van der Waals surface area contributed by atoms with Crippen molar-refractivity contribution in [2.45, 2.75) is 32.1 Å². The van der Waals surface area contributed by atoms with Gasteiger partial charge >= 0.3 is 0 Å². The number of rotatable bonds is 4. The van der Waals surface area contributed by atoms with Crippen LogP contribution in [0.1, 0.15) is 32.1 Å². The second kappa shape index (κ2) is 6.19. The average Bonchev–Trinajstić information content (AvgIpc) is 2.39. The third-order valence-corrected chi connectivity index (χ3v) is 4.73. The Bertz CT molecular complexity index is 405. The maximum Gasteiger partial charge on any atom is 0.124 e. The lowest BCUT2D eigenvalue weighted by molar-refractivity contribution is 0.0944. The van der Waals surface area contributed by atoms with E-state index in [1.165, 1.54) is 31.4 Å². The molecule has 0 radical (unpaired) electrons. The molecule has 0 spiro atoms. The number of aliphatic hydroxyl groups is 1. The number of nitrogens with one attached hydrogen (secondary N) is 1. The lowest BCUT2D eigenvalue weighted by Gasteiger charge is -2.36. The highest BCUT2D eigenvalue weighted by atomic mass is 127. The van der Waals surface area contributed by atoms with Gasteiger partial charge in [-0.2, -0.15) is 0 Å². The summed E-state index contributed by atoms with van der Waals surface area (Å²) in [5.74, 6) is -0.209. The van der Waals surface area contributed by atoms with Gasteiger partial charge in [0.2, 0.25) is 0 Å². The molecule has 0 heterocycles. The van der Waals surface area contributed by atoms with E-state index in [2.05, 4.69) is 27.9 Å². The van der Waals surface area contributed by atoms with E-state index >= 15 is 0 Å². The van der Waals surface area contributed by atoms with Crippen LogP contribution in [0.4, 0.5) is 10.1 Å². The molecule has 1 saturated carbocycles. The molecule has 1 fully saturated rings. The highest BCUT2D eigenvalue weighted by Crippen LogP contribution is 2.36. The molecule has 0 saturated heterocycles. The second-order valence-corrected chi connectivity index (χ2v) is 6.36. The Kier molecular flexibility index (Phi) is 4.84. The Balaban J connectivity index is 2.01. The van der Waals surface area contributed by atoms with E-state index in [9.17, 15) is 9.50 Å². The first-order valence-electron chi connectivity index (χ1n) is 6.45. The molecule has 0 aromatic heterocycles. The van der Waals surface area contributed by atoms with Gasteiger partial charge in [-0.25, -0.2) is 4.39 Å². The number of halogens is 2. The van der Waals surface area contributed by atoms with E-state index in [0.717, 1.165) is 28.6 Å². The van der Waals surface area contributed by atoms with E-state index in [4.69, 9.17) is 0 Å². The second-order valence-electron chi connectivity index (χ2n) is 5.20. The van der Waals surface area contributed by atoms with E-state index in [-0.39, 0.29) is 17.8 Å². The molecule has 2 nitrogen and oxygen atoms in total. The van der Waals surface area contributed by atoms with Crippen LogP contribution >= 0.6 is 22.6 Å². The van der Waals surface area contributed by atoms with Gasteiger partial charge in [-0.3, -0.25) is 0 Å². The summed E-state index contributed by atoms with van der Waals surface area (Å²) in [6.45, 7) is 1.00. The molecule has 18 heavy (non-hydrogen) atoms. The van der Waals surface area contributed by atoms with Gasteiger partial charge in [0, 0.05) is 21.2 Å². The zero-order valence-electron chi connectivity index (χ0n) is 10.4. The van der Waals surface area contributed by atoms with Gasteiger partial charge in [0.1, 0.15) is 5.82 Å². The lowest BCUT2D eigenvalue weighted by Crippen LogP contribution is -2.35. The molecule has 0 unspecified atom stereocenters. The highest BCUT2D eigenvalue weighted by Gasteiger charge is 2.31. The molecule has 0 atom stereocenters. The van der Waals surface area contributed by atoms with E-state index in [0.29, 0.717) is 0 Å². The number of benzene rings is 1. The summed E-state index contributed by atoms with van der Waals surface area (Å²) in [6.07, 6.45) is 5.82. The molecule has 1 aromatic carbocycles. The molecule has 0 bridgehead atoms. The first kappa shape index (κ1) is 14.1. The van der Waals surface area contributed by atoms with Gasteiger partial charge in [0.05, 0.1) is 6.61 Å². The zero-order valence-corrected chi connectivity index (χ0v) is 12.5. The minimum absolute atomic E-state index is 0.00964. The number of anilines is 1. The largest absolute Gasteiger partial charge is 0.396 e. The van der Waals surface area contributed by atoms with Crippen molar-refractivity contribution >= 4 is 28.3 Å². The van der Waals surface area contributed by atoms with Gasteiger partial charge < -0.3 is 10.4 Å². The first-order valence-corrected chi connectivity index (χ1v) is 7.53. The topological polar surface area (TPSA) is 32.3 Å². The third-order valence-electron chi connectivity index (χ3n) is 3.83. The average molecular weight is 363 g/mol. The summed E-state index contributed by atoms with van der Waals surface area (Å²) >= 11 is 2.13. The lowest BCUT2D eigenvalue weighted by atomic mass is 9.74. The maximum atomic E-state index is 13.0. The van der Waals surface area contributed by atoms with Crippen LogP contribution in [0.3, 0.4) is 0 Å². The maximum absolute atomic E-state index is 13.0. The highest BCUT2D eigenvalue weighted by molar-refractivity contribution is 14.1. The number of hydrogen-bond donors (Lipinski definition) is 2. The van der Waals surface area contributed by atoms with Gasteiger partial charge in [-0.15, -0.1) is 0 Å². The molecule has 0 amide bonds. The Labute approximate surface area is 121 Å². The molecule has 0 aliphatic heterocycles. The SMILES string of the molecule is OCC1(CNc2ccc(F)cc2I)CCCCC1. The quantitative estimate of drug-likeness (QED) is 0.798. The Morgan fingerprint density at radius 2 is 2.00 bits per heavy atom. The standard InChI is InChI=1S/C14H19FINO/c15-11-4-5-13(12(16)8-11)17-9-14(10-18)6-2-1-3-7-14/h4-5,8,17-18H,1-3,6-7,9-10H2. The summed E-state index contributed by atoms with van der Waals surface area (Å²) in [5, 5.41) is 13.0. The fourth-order valence-electron chi connectivity index (χ4n) is 2.61. The Morgan fingerprint density at radius 3 is 2.61 bits per heavy atom. The minimum atomic E-state index is -0.209. The van der Waals surface area contributed by atoms with Crippen LogP contribution in [0, 0.1) is 14.8 Å². The summed E-state index contributed by atoms with van der Waals surface area (Å²) in [6, 6.07) is 4.76. The van der Waals surface area contributed by atoms with Crippen LogP contribution < -0.4 is 5.32 Å². The van der Waals surface area contributed by atoms with Crippen molar-refractivity contribution in [3.8, 4) is 0 Å². The fourth-order valence-corrected chi connectivity index (χ4v) is 3.28. The molecular weight excluding hydrogens is 344 g/mol. The predicted molar refractivity (Wildman–Crippen MR) is 80.2 cm³/mol. The van der Waals surface area contributed by atoms with Gasteiger partial charge in [-0.1, -0.05) is 19.3 Å². The van der Waals surface area contributed by atoms with Crippen LogP contribution in [0.2, 0.25) is 0 Å². The summed E-state index contributed by atoms with van der Waals surface area (Å²) in [5.41, 5.74) is 0.964. The molecular formula is C14H19FINO. The monoisotopic (exact) mass is 363 g/mol. The van der Waals surface area contributed by atoms with Crippen molar-refractivity contribution in [2.75, 3.05) is 18.5 Å². The van der Waals surface area contributed by atoms with E-state index < -0.39 is 0 Å². The molecule has 4 heteroatoms. The molecule has 100 valence electrons.